The molecule has 0 radical (unpaired) electrons. The quantitative estimate of drug-likeness (QED) is 0.780. The van der Waals surface area contributed by atoms with Gasteiger partial charge < -0.3 is 9.84 Å². The molecule has 1 atom stereocenters. The molecule has 1 aromatic rings. The topological polar surface area (TPSA) is 55.2 Å². The number of hydrogen-bond acceptors (Lipinski definition) is 4. The van der Waals surface area contributed by atoms with Gasteiger partial charge in [-0.15, -0.1) is 0 Å². The van der Waals surface area contributed by atoms with Crippen LogP contribution in [0.5, 0.6) is 5.88 Å². The van der Waals surface area contributed by atoms with Gasteiger partial charge in [-0.25, -0.2) is 9.97 Å². The Hall–Kier alpha value is -1.16. The van der Waals surface area contributed by atoms with E-state index in [1.165, 1.54) is 13.4 Å². The largest absolute Gasteiger partial charge is 0.481 e. The molecule has 0 fully saturated rings. The molecule has 4 nitrogen and oxygen atoms in total. The first kappa shape index (κ1) is 10.9. The highest BCUT2D eigenvalue weighted by molar-refractivity contribution is 5.16. The minimum atomic E-state index is -0.612. The lowest BCUT2D eigenvalue weighted by Gasteiger charge is -2.25. The first-order valence-corrected chi connectivity index (χ1v) is 4.49. The van der Waals surface area contributed by atoms with Crippen LogP contribution in [0.15, 0.2) is 12.4 Å². The van der Waals surface area contributed by atoms with Gasteiger partial charge in [0.2, 0.25) is 5.88 Å². The van der Waals surface area contributed by atoms with Gasteiger partial charge in [-0.1, -0.05) is 20.8 Å². The number of ether oxygens (including phenoxy) is 1. The van der Waals surface area contributed by atoms with Crippen molar-refractivity contribution in [2.75, 3.05) is 7.11 Å². The van der Waals surface area contributed by atoms with Gasteiger partial charge in [0.15, 0.2) is 0 Å². The van der Waals surface area contributed by atoms with Crippen LogP contribution >= 0.6 is 0 Å². The minimum absolute atomic E-state index is 0.237. The van der Waals surface area contributed by atoms with Crippen molar-refractivity contribution in [1.29, 1.82) is 0 Å². The number of hydrogen-bond donors (Lipinski definition) is 1. The number of rotatable bonds is 2. The second-order valence-corrected chi connectivity index (χ2v) is 4.25. The van der Waals surface area contributed by atoms with Gasteiger partial charge in [-0.3, -0.25) is 0 Å². The number of methoxy groups -OCH3 is 1. The van der Waals surface area contributed by atoms with E-state index >= 15 is 0 Å². The smallest absolute Gasteiger partial charge is 0.216 e. The second kappa shape index (κ2) is 3.92. The summed E-state index contributed by atoms with van der Waals surface area (Å²) in [6, 6.07) is 1.65. The average Bonchev–Trinajstić information content (AvgIpc) is 2.15. The maximum atomic E-state index is 9.93. The monoisotopic (exact) mass is 196 g/mol. The van der Waals surface area contributed by atoms with Gasteiger partial charge in [0.25, 0.3) is 0 Å². The first-order valence-electron chi connectivity index (χ1n) is 4.49. The molecule has 14 heavy (non-hydrogen) atoms. The Labute approximate surface area is 84.0 Å². The zero-order chi connectivity index (χ0) is 10.8. The first-order chi connectivity index (χ1) is 6.45. The van der Waals surface area contributed by atoms with Crippen molar-refractivity contribution >= 4 is 0 Å². The van der Waals surface area contributed by atoms with Crippen molar-refractivity contribution in [2.45, 2.75) is 26.9 Å². The van der Waals surface area contributed by atoms with E-state index in [-0.39, 0.29) is 5.41 Å². The maximum Gasteiger partial charge on any atom is 0.216 e. The van der Waals surface area contributed by atoms with Crippen molar-refractivity contribution in [3.05, 3.63) is 18.1 Å². The Balaban J connectivity index is 2.95. The zero-order valence-corrected chi connectivity index (χ0v) is 8.98. The van der Waals surface area contributed by atoms with Crippen LogP contribution in [0.4, 0.5) is 0 Å². The molecule has 0 aliphatic carbocycles. The van der Waals surface area contributed by atoms with E-state index in [1.54, 1.807) is 6.07 Å². The Bertz CT molecular complexity index is 307. The van der Waals surface area contributed by atoms with Gasteiger partial charge >= 0.3 is 0 Å². The Kier molecular flexibility index (Phi) is 3.06. The highest BCUT2D eigenvalue weighted by Gasteiger charge is 2.25. The zero-order valence-electron chi connectivity index (χ0n) is 8.98. The molecule has 1 aromatic heterocycles. The fraction of sp³-hybridized carbons (Fsp3) is 0.600. The van der Waals surface area contributed by atoms with E-state index in [1.807, 2.05) is 20.8 Å². The molecular weight excluding hydrogens is 180 g/mol. The van der Waals surface area contributed by atoms with Crippen LogP contribution in [0.25, 0.3) is 0 Å². The van der Waals surface area contributed by atoms with Gasteiger partial charge in [0.1, 0.15) is 12.4 Å². The number of aliphatic hydroxyl groups excluding tert-OH is 1. The average molecular weight is 196 g/mol. The van der Waals surface area contributed by atoms with Crippen LogP contribution in [0.1, 0.15) is 32.6 Å². The fourth-order valence-corrected chi connectivity index (χ4v) is 1.06. The van der Waals surface area contributed by atoms with Crippen molar-refractivity contribution < 1.29 is 9.84 Å². The molecule has 0 aromatic carbocycles. The van der Waals surface area contributed by atoms with Gasteiger partial charge in [0.05, 0.1) is 12.8 Å². The maximum absolute atomic E-state index is 9.93. The summed E-state index contributed by atoms with van der Waals surface area (Å²) in [6.07, 6.45) is 0.780. The molecule has 1 rings (SSSR count). The van der Waals surface area contributed by atoms with E-state index in [4.69, 9.17) is 4.74 Å². The summed E-state index contributed by atoms with van der Waals surface area (Å²) < 4.78 is 4.96. The van der Waals surface area contributed by atoms with E-state index in [9.17, 15) is 5.11 Å². The van der Waals surface area contributed by atoms with Crippen LogP contribution in [-0.2, 0) is 0 Å². The third-order valence-corrected chi connectivity index (χ3v) is 1.97. The summed E-state index contributed by atoms with van der Waals surface area (Å²) in [4.78, 5) is 7.89. The Morgan fingerprint density at radius 3 is 2.50 bits per heavy atom. The fourth-order valence-electron chi connectivity index (χ4n) is 1.06. The number of nitrogens with zero attached hydrogens (tertiary/aromatic N) is 2. The van der Waals surface area contributed by atoms with Gasteiger partial charge in [0, 0.05) is 6.07 Å². The SMILES string of the molecule is COc1cc(C(O)C(C)(C)C)ncn1. The standard InChI is InChI=1S/C10H16N2O2/c1-10(2,3)9(13)7-5-8(14-4)12-6-11-7/h5-6,9,13H,1-4H3. The summed E-state index contributed by atoms with van der Waals surface area (Å²) in [6.45, 7) is 5.85. The molecule has 0 aliphatic rings. The highest BCUT2D eigenvalue weighted by atomic mass is 16.5. The Morgan fingerprint density at radius 2 is 2.00 bits per heavy atom. The lowest BCUT2D eigenvalue weighted by Crippen LogP contribution is -2.19. The molecule has 0 saturated heterocycles. The lowest BCUT2D eigenvalue weighted by molar-refractivity contribution is 0.0585. The molecule has 1 N–H and O–H groups in total. The molecule has 0 bridgehead atoms. The van der Waals surface area contributed by atoms with Crippen LogP contribution < -0.4 is 4.74 Å². The second-order valence-electron chi connectivity index (χ2n) is 4.25. The van der Waals surface area contributed by atoms with E-state index < -0.39 is 6.10 Å². The number of aliphatic hydroxyl groups is 1. The van der Waals surface area contributed by atoms with Gasteiger partial charge in [-0.2, -0.15) is 0 Å². The molecule has 0 saturated carbocycles. The summed E-state index contributed by atoms with van der Waals surface area (Å²) in [5.41, 5.74) is 0.351. The van der Waals surface area contributed by atoms with Crippen molar-refractivity contribution in [3.63, 3.8) is 0 Å². The van der Waals surface area contributed by atoms with Crippen LogP contribution in [-0.4, -0.2) is 22.2 Å². The van der Waals surface area contributed by atoms with Crippen molar-refractivity contribution in [1.82, 2.24) is 9.97 Å². The molecule has 4 heteroatoms. The molecule has 0 aliphatic heterocycles. The minimum Gasteiger partial charge on any atom is -0.481 e. The normalized spacial score (nSPS) is 13.8. The highest BCUT2D eigenvalue weighted by Crippen LogP contribution is 2.31. The number of aromatic nitrogens is 2. The van der Waals surface area contributed by atoms with E-state index in [2.05, 4.69) is 9.97 Å². The van der Waals surface area contributed by atoms with Crippen LogP contribution in [0.3, 0.4) is 0 Å². The Morgan fingerprint density at radius 1 is 1.36 bits per heavy atom. The van der Waals surface area contributed by atoms with E-state index in [0.717, 1.165) is 0 Å². The van der Waals surface area contributed by atoms with Crippen molar-refractivity contribution in [3.8, 4) is 5.88 Å². The molecule has 1 unspecified atom stereocenters. The van der Waals surface area contributed by atoms with Crippen molar-refractivity contribution in [2.24, 2.45) is 5.41 Å². The molecular formula is C10H16N2O2. The molecule has 0 amide bonds. The molecule has 0 spiro atoms. The predicted molar refractivity (Wildman–Crippen MR) is 53.0 cm³/mol. The van der Waals surface area contributed by atoms with Gasteiger partial charge in [-0.05, 0) is 5.41 Å². The summed E-state index contributed by atoms with van der Waals surface area (Å²) >= 11 is 0. The summed E-state index contributed by atoms with van der Waals surface area (Å²) in [5, 5.41) is 9.93. The summed E-state index contributed by atoms with van der Waals surface area (Å²) in [7, 11) is 1.54. The predicted octanol–water partition coefficient (Wildman–Crippen LogP) is 1.56. The van der Waals surface area contributed by atoms with Crippen LogP contribution in [0, 0.1) is 5.41 Å². The van der Waals surface area contributed by atoms with E-state index in [0.29, 0.717) is 11.6 Å². The summed E-state index contributed by atoms with van der Waals surface area (Å²) in [5.74, 6) is 0.471. The third-order valence-electron chi connectivity index (χ3n) is 1.97. The van der Waals surface area contributed by atoms with Crippen LogP contribution in [0.2, 0.25) is 0 Å². The lowest BCUT2D eigenvalue weighted by atomic mass is 9.87. The molecule has 1 heterocycles. The third kappa shape index (κ3) is 2.42. The molecule has 78 valence electrons.